The first kappa shape index (κ1) is 28.8. The zero-order valence-electron chi connectivity index (χ0n) is 21.1. The molecule has 3 aromatic carbocycles. The number of ether oxygens (including phenoxy) is 1. The van der Waals surface area contributed by atoms with Crippen LogP contribution in [0.1, 0.15) is 67.3 Å². The Morgan fingerprint density at radius 3 is 1.87 bits per heavy atom. The Morgan fingerprint density at radius 2 is 1.28 bits per heavy atom. The maximum Gasteiger partial charge on any atom is 0.426 e. The summed E-state index contributed by atoms with van der Waals surface area (Å²) in [6.07, 6.45) is -1.44. The number of fused-ring (bicyclic) bond motifs is 3. The average molecular weight is 561 g/mol. The normalized spacial score (nSPS) is 15.6. The van der Waals surface area contributed by atoms with Crippen LogP contribution in [0, 0.1) is 17.5 Å². The van der Waals surface area contributed by atoms with Crippen LogP contribution >= 0.6 is 0 Å². The van der Waals surface area contributed by atoms with Gasteiger partial charge in [-0.05, 0) is 65.8 Å². The summed E-state index contributed by atoms with van der Waals surface area (Å²) in [6.45, 7) is 3.58. The fraction of sp³-hybridized carbons (Fsp3) is 0.379. The molecule has 0 radical (unpaired) electrons. The summed E-state index contributed by atoms with van der Waals surface area (Å²) in [6, 6.07) is 5.85. The van der Waals surface area contributed by atoms with Gasteiger partial charge in [-0.15, -0.1) is 0 Å². The largest absolute Gasteiger partial charge is 0.426 e. The van der Waals surface area contributed by atoms with Gasteiger partial charge in [0.15, 0.2) is 11.6 Å². The molecule has 0 atom stereocenters. The zero-order valence-corrected chi connectivity index (χ0v) is 21.1. The summed E-state index contributed by atoms with van der Waals surface area (Å²) in [5.41, 5.74) is -6.00. The molecule has 39 heavy (non-hydrogen) atoms. The number of rotatable bonds is 9. The quantitative estimate of drug-likeness (QED) is 0.187. The number of hydrogen-bond acceptors (Lipinski definition) is 1. The number of benzene rings is 3. The molecular weight excluding hydrogens is 535 g/mol. The Labute approximate surface area is 219 Å². The van der Waals surface area contributed by atoms with E-state index in [0.717, 1.165) is 37.1 Å². The van der Waals surface area contributed by atoms with Crippen LogP contribution in [0.5, 0.6) is 5.75 Å². The van der Waals surface area contributed by atoms with Crippen LogP contribution in [0.3, 0.4) is 0 Å². The van der Waals surface area contributed by atoms with Crippen molar-refractivity contribution in [3.05, 3.63) is 87.7 Å². The van der Waals surface area contributed by atoms with Crippen molar-refractivity contribution in [1.29, 1.82) is 0 Å². The SMILES string of the molecule is CCCCCc1ccc(C(F)(F)Oc2ccc3c(c2F)C(F)(F)C(F)(F)c2c-3ccc(CCC)c2F)cc1F. The molecular formula is C29H25F9O. The van der Waals surface area contributed by atoms with E-state index < -0.39 is 69.0 Å². The van der Waals surface area contributed by atoms with Crippen molar-refractivity contribution in [1.82, 2.24) is 0 Å². The van der Waals surface area contributed by atoms with Gasteiger partial charge in [-0.3, -0.25) is 0 Å². The second-order valence-corrected chi connectivity index (χ2v) is 9.54. The fourth-order valence-corrected chi connectivity index (χ4v) is 4.79. The minimum atomic E-state index is -5.30. The highest BCUT2D eigenvalue weighted by atomic mass is 19.3. The molecule has 0 fully saturated rings. The van der Waals surface area contributed by atoms with E-state index in [4.69, 9.17) is 0 Å². The van der Waals surface area contributed by atoms with E-state index in [1.807, 2.05) is 6.92 Å². The molecule has 1 aliphatic carbocycles. The number of alkyl halides is 6. The first-order valence-corrected chi connectivity index (χ1v) is 12.5. The highest BCUT2D eigenvalue weighted by Gasteiger charge is 2.65. The maximum atomic E-state index is 15.3. The lowest BCUT2D eigenvalue weighted by Crippen LogP contribution is -2.41. The molecule has 1 aliphatic rings. The van der Waals surface area contributed by atoms with Crippen LogP contribution in [0.4, 0.5) is 39.5 Å². The fourth-order valence-electron chi connectivity index (χ4n) is 4.79. The summed E-state index contributed by atoms with van der Waals surface area (Å²) in [5, 5.41) is 0. The molecule has 4 rings (SSSR count). The molecule has 0 heterocycles. The Bertz CT molecular complexity index is 1380. The van der Waals surface area contributed by atoms with E-state index in [-0.39, 0.29) is 17.5 Å². The van der Waals surface area contributed by atoms with Gasteiger partial charge in [-0.1, -0.05) is 51.3 Å². The van der Waals surface area contributed by atoms with Crippen LogP contribution in [0.25, 0.3) is 11.1 Å². The standard InChI is InChI=1S/C29H25F9O/c1-3-5-6-8-16-9-11-18(15-21(16)30)29(37,38)39-22-14-13-20-19-12-10-17(7-4-2)25(31)23(19)27(33,34)28(35,36)24(20)26(22)32/h9-15H,3-8H2,1-2H3. The first-order valence-electron chi connectivity index (χ1n) is 12.5. The van der Waals surface area contributed by atoms with Gasteiger partial charge in [0.25, 0.3) is 0 Å². The maximum absolute atomic E-state index is 15.3. The van der Waals surface area contributed by atoms with E-state index in [1.54, 1.807) is 6.92 Å². The molecule has 1 nitrogen and oxygen atoms in total. The topological polar surface area (TPSA) is 9.23 Å². The molecule has 0 saturated heterocycles. The van der Waals surface area contributed by atoms with Gasteiger partial charge in [0.05, 0.1) is 16.7 Å². The van der Waals surface area contributed by atoms with E-state index in [0.29, 0.717) is 37.5 Å². The van der Waals surface area contributed by atoms with Crippen LogP contribution < -0.4 is 4.74 Å². The van der Waals surface area contributed by atoms with Gasteiger partial charge in [0, 0.05) is 0 Å². The van der Waals surface area contributed by atoms with Crippen molar-refractivity contribution in [2.24, 2.45) is 0 Å². The lowest BCUT2D eigenvalue weighted by Gasteiger charge is -2.36. The zero-order chi connectivity index (χ0) is 28.8. The molecule has 0 aromatic heterocycles. The monoisotopic (exact) mass is 560 g/mol. The van der Waals surface area contributed by atoms with Gasteiger partial charge in [0.1, 0.15) is 11.6 Å². The second kappa shape index (κ2) is 10.4. The molecule has 3 aromatic rings. The Morgan fingerprint density at radius 1 is 0.692 bits per heavy atom. The van der Waals surface area contributed by atoms with Crippen LogP contribution in [-0.2, 0) is 30.8 Å². The lowest BCUT2D eigenvalue weighted by molar-refractivity contribution is -0.228. The lowest BCUT2D eigenvalue weighted by atomic mass is 9.79. The highest BCUT2D eigenvalue weighted by molar-refractivity contribution is 5.77. The Kier molecular flexibility index (Phi) is 7.71. The van der Waals surface area contributed by atoms with Crippen LogP contribution in [0.2, 0.25) is 0 Å². The molecule has 10 heteroatoms. The smallest absolute Gasteiger partial charge is 0.426 e. The Hall–Kier alpha value is -3.17. The minimum Gasteiger partial charge on any atom is -0.426 e. The molecule has 0 spiro atoms. The van der Waals surface area contributed by atoms with Crippen molar-refractivity contribution >= 4 is 0 Å². The summed E-state index contributed by atoms with van der Waals surface area (Å²) in [4.78, 5) is 0. The van der Waals surface area contributed by atoms with Gasteiger partial charge >= 0.3 is 18.0 Å². The van der Waals surface area contributed by atoms with Gasteiger partial charge in [-0.25, -0.2) is 13.2 Å². The van der Waals surface area contributed by atoms with Crippen LogP contribution in [-0.4, -0.2) is 0 Å². The van der Waals surface area contributed by atoms with E-state index in [1.165, 1.54) is 0 Å². The van der Waals surface area contributed by atoms with Gasteiger partial charge in [-0.2, -0.15) is 26.3 Å². The average Bonchev–Trinajstić information content (AvgIpc) is 2.86. The van der Waals surface area contributed by atoms with Gasteiger partial charge < -0.3 is 4.74 Å². The predicted molar refractivity (Wildman–Crippen MR) is 128 cm³/mol. The van der Waals surface area contributed by atoms with Crippen molar-refractivity contribution < 1.29 is 44.3 Å². The third-order valence-electron chi connectivity index (χ3n) is 6.84. The highest BCUT2D eigenvalue weighted by Crippen LogP contribution is 2.60. The van der Waals surface area contributed by atoms with E-state index >= 15 is 22.0 Å². The summed E-state index contributed by atoms with van der Waals surface area (Å²) < 4.78 is 139. The molecule has 0 unspecified atom stereocenters. The van der Waals surface area contributed by atoms with Crippen molar-refractivity contribution in [3.63, 3.8) is 0 Å². The second-order valence-electron chi connectivity index (χ2n) is 9.54. The molecule has 0 amide bonds. The third kappa shape index (κ3) is 4.87. The number of halogens is 9. The van der Waals surface area contributed by atoms with Crippen LogP contribution in [0.15, 0.2) is 42.5 Å². The summed E-state index contributed by atoms with van der Waals surface area (Å²) >= 11 is 0. The minimum absolute atomic E-state index is 0.00412. The number of unbranched alkanes of at least 4 members (excludes halogenated alkanes) is 2. The van der Waals surface area contributed by atoms with Gasteiger partial charge in [0.2, 0.25) is 0 Å². The first-order chi connectivity index (χ1) is 18.3. The summed E-state index contributed by atoms with van der Waals surface area (Å²) in [7, 11) is 0. The van der Waals surface area contributed by atoms with Crippen molar-refractivity contribution in [2.75, 3.05) is 0 Å². The van der Waals surface area contributed by atoms with Crippen molar-refractivity contribution in [3.8, 4) is 16.9 Å². The molecule has 0 aliphatic heterocycles. The van der Waals surface area contributed by atoms with E-state index in [2.05, 4.69) is 4.74 Å². The molecule has 0 bridgehead atoms. The number of aryl methyl sites for hydroxylation is 2. The molecule has 210 valence electrons. The predicted octanol–water partition coefficient (Wildman–Crippen LogP) is 9.78. The summed E-state index contributed by atoms with van der Waals surface area (Å²) in [5.74, 6) is -16.6. The van der Waals surface area contributed by atoms with Crippen molar-refractivity contribution in [2.45, 2.75) is 70.3 Å². The van der Waals surface area contributed by atoms with E-state index in [9.17, 15) is 17.6 Å². The molecule has 0 N–H and O–H groups in total. The number of hydrogen-bond donors (Lipinski definition) is 0. The third-order valence-corrected chi connectivity index (χ3v) is 6.84. The molecule has 0 saturated carbocycles. The Balaban J connectivity index is 1.76.